The Labute approximate surface area is 86.5 Å². The molecule has 1 aromatic carbocycles. The van der Waals surface area contributed by atoms with Crippen LogP contribution in [0.3, 0.4) is 0 Å². The first-order chi connectivity index (χ1) is 7.29. The molecular formula is C10H10N4O. The smallest absolute Gasteiger partial charge is 0.321 e. The molecule has 15 heavy (non-hydrogen) atoms. The van der Waals surface area contributed by atoms with Crippen LogP contribution >= 0.6 is 0 Å². The highest BCUT2D eigenvalue weighted by atomic mass is 16.2. The van der Waals surface area contributed by atoms with Gasteiger partial charge in [-0.25, -0.2) is 14.8 Å². The summed E-state index contributed by atoms with van der Waals surface area (Å²) in [5, 5.41) is 5.89. The van der Waals surface area contributed by atoms with Crippen LogP contribution < -0.4 is 10.6 Å². The van der Waals surface area contributed by atoms with Crippen molar-refractivity contribution in [2.75, 3.05) is 12.4 Å². The van der Waals surface area contributed by atoms with Gasteiger partial charge in [0.2, 0.25) is 5.95 Å². The molecular weight excluding hydrogens is 192 g/mol. The lowest BCUT2D eigenvalue weighted by atomic mass is 10.2. The third kappa shape index (κ3) is 2.01. The SMILES string of the molecule is CNC(=O)Nc1ncc2ccccc2n1. The van der Waals surface area contributed by atoms with Crippen LogP contribution in [0.4, 0.5) is 10.7 Å². The van der Waals surface area contributed by atoms with Gasteiger partial charge in [0, 0.05) is 18.6 Å². The lowest BCUT2D eigenvalue weighted by Gasteiger charge is -2.03. The lowest BCUT2D eigenvalue weighted by Crippen LogP contribution is -2.25. The second-order valence-electron chi connectivity index (χ2n) is 2.96. The Morgan fingerprint density at radius 3 is 2.93 bits per heavy atom. The number of urea groups is 1. The maximum absolute atomic E-state index is 11.0. The van der Waals surface area contributed by atoms with Crippen molar-refractivity contribution < 1.29 is 4.79 Å². The highest BCUT2D eigenvalue weighted by molar-refractivity contribution is 5.88. The monoisotopic (exact) mass is 202 g/mol. The Bertz CT molecular complexity index is 498. The number of aromatic nitrogens is 2. The van der Waals surface area contributed by atoms with Gasteiger partial charge in [-0.1, -0.05) is 18.2 Å². The molecule has 2 amide bonds. The number of anilines is 1. The Hall–Kier alpha value is -2.17. The standard InChI is InChI=1S/C10H10N4O/c1-11-10(15)14-9-12-6-7-4-2-3-5-8(7)13-9/h2-6H,1H3,(H2,11,12,13,14,15). The van der Waals surface area contributed by atoms with Crippen LogP contribution in [0.15, 0.2) is 30.5 Å². The van der Waals surface area contributed by atoms with Crippen LogP contribution in [0.1, 0.15) is 0 Å². The van der Waals surface area contributed by atoms with Gasteiger partial charge in [0.1, 0.15) is 0 Å². The van der Waals surface area contributed by atoms with Crippen molar-refractivity contribution in [2.24, 2.45) is 0 Å². The zero-order chi connectivity index (χ0) is 10.7. The van der Waals surface area contributed by atoms with Gasteiger partial charge in [-0.3, -0.25) is 5.32 Å². The van der Waals surface area contributed by atoms with Gasteiger partial charge in [0.05, 0.1) is 5.52 Å². The molecule has 0 aliphatic carbocycles. The summed E-state index contributed by atoms with van der Waals surface area (Å²) in [4.78, 5) is 19.2. The number of hydrogen-bond donors (Lipinski definition) is 2. The number of hydrogen-bond acceptors (Lipinski definition) is 3. The molecule has 2 rings (SSSR count). The number of carbonyl (C=O) groups excluding carboxylic acids is 1. The van der Waals surface area contributed by atoms with E-state index in [0.29, 0.717) is 5.95 Å². The molecule has 5 nitrogen and oxygen atoms in total. The minimum atomic E-state index is -0.328. The molecule has 0 aliphatic rings. The van der Waals surface area contributed by atoms with Crippen molar-refractivity contribution in [3.8, 4) is 0 Å². The Balaban J connectivity index is 2.34. The number of nitrogens with one attached hydrogen (secondary N) is 2. The van der Waals surface area contributed by atoms with E-state index >= 15 is 0 Å². The third-order valence-electron chi connectivity index (χ3n) is 1.94. The molecule has 1 aromatic heterocycles. The first kappa shape index (κ1) is 9.39. The second kappa shape index (κ2) is 3.91. The summed E-state index contributed by atoms with van der Waals surface area (Å²) in [6.45, 7) is 0. The Morgan fingerprint density at radius 1 is 1.33 bits per heavy atom. The van der Waals surface area contributed by atoms with Gasteiger partial charge < -0.3 is 5.32 Å². The van der Waals surface area contributed by atoms with E-state index in [0.717, 1.165) is 10.9 Å². The number of amides is 2. The quantitative estimate of drug-likeness (QED) is 0.734. The number of fused-ring (bicyclic) bond motifs is 1. The van der Waals surface area contributed by atoms with E-state index in [2.05, 4.69) is 20.6 Å². The van der Waals surface area contributed by atoms with Gasteiger partial charge in [-0.15, -0.1) is 0 Å². The Kier molecular flexibility index (Phi) is 2.45. The van der Waals surface area contributed by atoms with Crippen LogP contribution in [0.25, 0.3) is 10.9 Å². The van der Waals surface area contributed by atoms with Crippen molar-refractivity contribution in [1.82, 2.24) is 15.3 Å². The molecule has 76 valence electrons. The first-order valence-corrected chi connectivity index (χ1v) is 4.50. The van der Waals surface area contributed by atoms with E-state index in [9.17, 15) is 4.79 Å². The van der Waals surface area contributed by atoms with Crippen LogP contribution in [0.2, 0.25) is 0 Å². The van der Waals surface area contributed by atoms with E-state index < -0.39 is 0 Å². The van der Waals surface area contributed by atoms with Gasteiger partial charge in [0.25, 0.3) is 0 Å². The normalized spacial score (nSPS) is 9.93. The van der Waals surface area contributed by atoms with Gasteiger partial charge in [-0.05, 0) is 6.07 Å². The second-order valence-corrected chi connectivity index (χ2v) is 2.96. The number of para-hydroxylation sites is 1. The fourth-order valence-electron chi connectivity index (χ4n) is 1.20. The molecule has 2 aromatic rings. The molecule has 0 fully saturated rings. The molecule has 0 unspecified atom stereocenters. The summed E-state index contributed by atoms with van der Waals surface area (Å²) in [7, 11) is 1.54. The summed E-state index contributed by atoms with van der Waals surface area (Å²) < 4.78 is 0. The fourth-order valence-corrected chi connectivity index (χ4v) is 1.20. The molecule has 0 saturated heterocycles. The van der Waals surface area contributed by atoms with E-state index in [1.807, 2.05) is 24.3 Å². The van der Waals surface area contributed by atoms with E-state index in [1.165, 1.54) is 7.05 Å². The van der Waals surface area contributed by atoms with Gasteiger partial charge in [-0.2, -0.15) is 0 Å². The molecule has 0 saturated carbocycles. The van der Waals surface area contributed by atoms with Crippen molar-refractivity contribution >= 4 is 22.9 Å². The van der Waals surface area contributed by atoms with Gasteiger partial charge >= 0.3 is 6.03 Å². The van der Waals surface area contributed by atoms with Crippen molar-refractivity contribution in [1.29, 1.82) is 0 Å². The molecule has 0 bridgehead atoms. The number of nitrogens with zero attached hydrogens (tertiary/aromatic N) is 2. The minimum Gasteiger partial charge on any atom is -0.341 e. The summed E-state index contributed by atoms with van der Waals surface area (Å²) in [6.07, 6.45) is 1.67. The highest BCUT2D eigenvalue weighted by Gasteiger charge is 2.02. The molecule has 0 atom stereocenters. The predicted octanol–water partition coefficient (Wildman–Crippen LogP) is 1.38. The maximum Gasteiger partial charge on any atom is 0.321 e. The lowest BCUT2D eigenvalue weighted by molar-refractivity contribution is 0.254. The predicted molar refractivity (Wildman–Crippen MR) is 57.6 cm³/mol. The first-order valence-electron chi connectivity index (χ1n) is 4.50. The Morgan fingerprint density at radius 2 is 2.13 bits per heavy atom. The molecule has 1 heterocycles. The number of benzene rings is 1. The average Bonchev–Trinajstić information content (AvgIpc) is 2.29. The summed E-state index contributed by atoms with van der Waals surface area (Å²) >= 11 is 0. The topological polar surface area (TPSA) is 66.9 Å². The van der Waals surface area contributed by atoms with Crippen LogP contribution in [0, 0.1) is 0 Å². The van der Waals surface area contributed by atoms with Gasteiger partial charge in [0.15, 0.2) is 0 Å². The van der Waals surface area contributed by atoms with E-state index in [1.54, 1.807) is 6.20 Å². The summed E-state index contributed by atoms with van der Waals surface area (Å²) in [6, 6.07) is 7.26. The maximum atomic E-state index is 11.0. The van der Waals surface area contributed by atoms with Crippen LogP contribution in [-0.4, -0.2) is 23.0 Å². The molecule has 0 spiro atoms. The zero-order valence-electron chi connectivity index (χ0n) is 8.19. The summed E-state index contributed by atoms with van der Waals surface area (Å²) in [5.41, 5.74) is 0.805. The van der Waals surface area contributed by atoms with Crippen molar-refractivity contribution in [3.05, 3.63) is 30.5 Å². The van der Waals surface area contributed by atoms with Crippen LogP contribution in [-0.2, 0) is 0 Å². The largest absolute Gasteiger partial charge is 0.341 e. The minimum absolute atomic E-state index is 0.299. The zero-order valence-corrected chi connectivity index (χ0v) is 8.19. The van der Waals surface area contributed by atoms with E-state index in [4.69, 9.17) is 0 Å². The average molecular weight is 202 g/mol. The molecule has 2 N–H and O–H groups in total. The van der Waals surface area contributed by atoms with Crippen molar-refractivity contribution in [3.63, 3.8) is 0 Å². The number of rotatable bonds is 1. The molecule has 0 aliphatic heterocycles. The number of carbonyl (C=O) groups is 1. The molecule has 0 radical (unpaired) electrons. The fraction of sp³-hybridized carbons (Fsp3) is 0.100. The highest BCUT2D eigenvalue weighted by Crippen LogP contribution is 2.11. The third-order valence-corrected chi connectivity index (χ3v) is 1.94. The van der Waals surface area contributed by atoms with Crippen molar-refractivity contribution in [2.45, 2.75) is 0 Å². The van der Waals surface area contributed by atoms with E-state index in [-0.39, 0.29) is 6.03 Å². The molecule has 5 heteroatoms. The van der Waals surface area contributed by atoms with Crippen LogP contribution in [0.5, 0.6) is 0 Å². The summed E-state index contributed by atoms with van der Waals surface area (Å²) in [5.74, 6) is 0.299.